The Hall–Kier alpha value is -4.44. The number of fused-ring (bicyclic) bond motifs is 9. The Morgan fingerprint density at radius 1 is 0.937 bits per heavy atom. The standard InChI is InChI=1S/C52H63N3O6S2/c1-3-4-5-7-33(2)16-20-52-21-17-39(56)13-10-34-12-15-47(58)50(25-34)61-23-19-35-11-14-46(57)44(24-35)43-28-48(59)40-18-22-55-45(40)9-6-8-36-26-42(51(53)54)37(27-41(36)43)31-62-63-32-38(29-52)49(60)30-52/h11-12,14-15,17-18,21-22,24-27,33,38,43,49,51,55,57-58,60H,3-5,7,9-10,13,16,19-20,23,28-32,53-54H2,1-2H3/b21-17+/t33-,38-,43+,49-,52+/m0/s1. The summed E-state index contributed by atoms with van der Waals surface area (Å²) in [6, 6.07) is 16.5. The number of aromatic nitrogens is 1. The van der Waals surface area contributed by atoms with E-state index in [1.165, 1.54) is 25.7 Å². The molecule has 11 heteroatoms. The molecular weight excluding hydrogens is 827 g/mol. The number of aliphatic hydroxyl groups is 1. The molecule has 1 aliphatic heterocycles. The number of aliphatic hydroxyl groups excluding tert-OH is 1. The Morgan fingerprint density at radius 3 is 2.56 bits per heavy atom. The molecule has 1 saturated carbocycles. The number of hydrogen-bond acceptors (Lipinski definition) is 10. The number of unbranched alkanes of at least 4 members (excludes halogenated alkanes) is 2. The summed E-state index contributed by atoms with van der Waals surface area (Å²) in [5.41, 5.74) is 19.6. The van der Waals surface area contributed by atoms with Gasteiger partial charge in [-0.3, -0.25) is 9.59 Å². The molecule has 4 aromatic rings. The Balaban J connectivity index is 1.24. The van der Waals surface area contributed by atoms with Crippen LogP contribution in [0.3, 0.4) is 0 Å². The van der Waals surface area contributed by atoms with Crippen molar-refractivity contribution in [1.82, 2.24) is 4.98 Å². The maximum Gasteiger partial charge on any atom is 0.165 e. The maximum absolute atomic E-state index is 14.2. The van der Waals surface area contributed by atoms with Gasteiger partial charge in [-0.05, 0) is 114 Å². The number of nitrogens with two attached hydrogens (primary N) is 2. The average Bonchev–Trinajstić information content (AvgIpc) is 3.87. The third-order valence-corrected chi connectivity index (χ3v) is 15.7. The van der Waals surface area contributed by atoms with Crippen LogP contribution in [0.15, 0.2) is 72.9 Å². The molecule has 0 spiro atoms. The van der Waals surface area contributed by atoms with E-state index in [1.807, 2.05) is 24.3 Å². The molecule has 0 amide bonds. The Labute approximate surface area is 380 Å². The second-order valence-corrected chi connectivity index (χ2v) is 20.6. The maximum atomic E-state index is 14.2. The lowest BCUT2D eigenvalue weighted by molar-refractivity contribution is -0.114. The number of ether oxygens (including phenoxy) is 1. The molecule has 5 atom stereocenters. The molecule has 8 bridgehead atoms. The second kappa shape index (κ2) is 21.5. The first kappa shape index (κ1) is 46.5. The highest BCUT2D eigenvalue weighted by molar-refractivity contribution is 8.76. The van der Waals surface area contributed by atoms with Crippen molar-refractivity contribution < 1.29 is 29.6 Å². The first-order valence-electron chi connectivity index (χ1n) is 22.7. The molecule has 8 N–H and O–H groups in total. The van der Waals surface area contributed by atoms with Crippen LogP contribution in [0.4, 0.5) is 0 Å². The van der Waals surface area contributed by atoms with Crippen LogP contribution < -0.4 is 16.2 Å². The molecule has 3 aliphatic rings. The van der Waals surface area contributed by atoms with Crippen LogP contribution in [0.25, 0.3) is 0 Å². The lowest BCUT2D eigenvalue weighted by Crippen LogP contribution is -2.22. The first-order valence-corrected chi connectivity index (χ1v) is 25.2. The molecule has 7 rings (SSSR count). The van der Waals surface area contributed by atoms with Crippen LogP contribution in [0.2, 0.25) is 0 Å². The molecule has 334 valence electrons. The van der Waals surface area contributed by atoms with E-state index < -0.39 is 18.2 Å². The zero-order valence-corrected chi connectivity index (χ0v) is 38.3. The number of benzene rings is 3. The van der Waals surface area contributed by atoms with Gasteiger partial charge >= 0.3 is 0 Å². The molecule has 0 radical (unpaired) electrons. The number of aromatic amines is 1. The number of carbonyl (C=O) groups excluding carboxylic acids is 2. The number of rotatable bonds is 8. The number of aromatic hydroxyl groups is 2. The van der Waals surface area contributed by atoms with Crippen molar-refractivity contribution in [3.63, 3.8) is 0 Å². The molecule has 3 aromatic carbocycles. The highest BCUT2D eigenvalue weighted by Gasteiger charge is 2.43. The highest BCUT2D eigenvalue weighted by atomic mass is 33.1. The normalized spacial score (nSPS) is 23.0. The number of Topliss-reactive ketones (excluding diaryl/α,β-unsaturated/α-hetero) is 1. The number of H-pyrrole nitrogens is 1. The highest BCUT2D eigenvalue weighted by Crippen LogP contribution is 2.50. The Morgan fingerprint density at radius 2 is 1.75 bits per heavy atom. The zero-order valence-electron chi connectivity index (χ0n) is 36.7. The molecule has 1 fully saturated rings. The third-order valence-electron chi connectivity index (χ3n) is 13.3. The van der Waals surface area contributed by atoms with E-state index in [2.05, 4.69) is 42.8 Å². The number of ketones is 2. The van der Waals surface area contributed by atoms with E-state index in [9.17, 15) is 24.9 Å². The number of nitrogens with one attached hydrogen (secondary N) is 1. The summed E-state index contributed by atoms with van der Waals surface area (Å²) in [7, 11) is 3.41. The molecule has 0 saturated heterocycles. The number of hydrogen-bond donors (Lipinski definition) is 6. The van der Waals surface area contributed by atoms with Crippen LogP contribution in [0, 0.1) is 29.1 Å². The van der Waals surface area contributed by atoms with Crippen LogP contribution >= 0.6 is 21.6 Å². The number of aryl methyl sites for hydroxylation is 1. The summed E-state index contributed by atoms with van der Waals surface area (Å²) in [5, 5.41) is 33.9. The van der Waals surface area contributed by atoms with Crippen molar-refractivity contribution in [2.75, 3.05) is 12.4 Å². The second-order valence-electron chi connectivity index (χ2n) is 18.1. The van der Waals surface area contributed by atoms with Gasteiger partial charge in [-0.25, -0.2) is 0 Å². The monoisotopic (exact) mass is 889 g/mol. The van der Waals surface area contributed by atoms with E-state index in [0.717, 1.165) is 58.5 Å². The number of phenols is 2. The van der Waals surface area contributed by atoms with Gasteiger partial charge in [0.15, 0.2) is 23.1 Å². The third kappa shape index (κ3) is 11.8. The van der Waals surface area contributed by atoms with E-state index in [-0.39, 0.29) is 47.4 Å². The quantitative estimate of drug-likeness (QED) is 0.0433. The van der Waals surface area contributed by atoms with Crippen molar-refractivity contribution in [3.05, 3.63) is 123 Å². The lowest BCUT2D eigenvalue weighted by atomic mass is 9.77. The van der Waals surface area contributed by atoms with E-state index >= 15 is 0 Å². The van der Waals surface area contributed by atoms with Gasteiger partial charge in [0, 0.05) is 65.3 Å². The minimum absolute atomic E-state index is 0.0134. The van der Waals surface area contributed by atoms with Crippen molar-refractivity contribution in [2.45, 2.75) is 121 Å². The van der Waals surface area contributed by atoms with Gasteiger partial charge in [0.2, 0.25) is 0 Å². The minimum atomic E-state index is -0.771. The largest absolute Gasteiger partial charge is 0.508 e. The van der Waals surface area contributed by atoms with Crippen molar-refractivity contribution in [3.8, 4) is 29.1 Å². The molecule has 1 aromatic heterocycles. The summed E-state index contributed by atoms with van der Waals surface area (Å²) >= 11 is 0. The van der Waals surface area contributed by atoms with Gasteiger partial charge in [-0.2, -0.15) is 0 Å². The minimum Gasteiger partial charge on any atom is -0.508 e. The topological polar surface area (TPSA) is 172 Å². The van der Waals surface area contributed by atoms with Crippen LogP contribution in [0.1, 0.15) is 145 Å². The Bertz CT molecular complexity index is 2340. The fraction of sp³-hybridized carbons (Fsp3) is 0.462. The predicted octanol–water partition coefficient (Wildman–Crippen LogP) is 9.98. The van der Waals surface area contributed by atoms with Gasteiger partial charge in [-0.15, -0.1) is 0 Å². The van der Waals surface area contributed by atoms with Crippen molar-refractivity contribution in [2.24, 2.45) is 28.7 Å². The fourth-order valence-corrected chi connectivity index (χ4v) is 12.1. The summed E-state index contributed by atoms with van der Waals surface area (Å²) in [6.07, 6.45) is 14.4. The fourth-order valence-electron chi connectivity index (χ4n) is 9.58. The van der Waals surface area contributed by atoms with Gasteiger partial charge in [0.05, 0.1) is 25.3 Å². The van der Waals surface area contributed by atoms with E-state index in [1.54, 1.807) is 58.1 Å². The zero-order chi connectivity index (χ0) is 44.5. The molecular formula is C52H63N3O6S2. The van der Waals surface area contributed by atoms with Gasteiger partial charge in [0.25, 0.3) is 0 Å². The van der Waals surface area contributed by atoms with Crippen LogP contribution in [0.5, 0.6) is 17.2 Å². The molecule has 9 nitrogen and oxygen atoms in total. The smallest absolute Gasteiger partial charge is 0.165 e. The summed E-state index contributed by atoms with van der Waals surface area (Å²) in [6.45, 7) is 4.80. The average molecular weight is 890 g/mol. The van der Waals surface area contributed by atoms with Crippen LogP contribution in [-0.4, -0.2) is 50.3 Å². The molecule has 0 unspecified atom stereocenters. The van der Waals surface area contributed by atoms with Gasteiger partial charge in [0.1, 0.15) is 5.75 Å². The SMILES string of the molecule is CCCCC[C@H](C)CC[C@@]12/C=C/C(=O)CCc3ccc(O)c(c3)OCCc3ccc(O)c(c3)[C@@H]3CC(=O)c4cc[nH]c4CC#Cc4cc(C(N)N)c(cc43)CSSC[C@H](C1)[C@@H](O)C2. The predicted molar refractivity (Wildman–Crippen MR) is 255 cm³/mol. The van der Waals surface area contributed by atoms with Gasteiger partial charge in [-0.1, -0.05) is 103 Å². The molecule has 2 heterocycles. The lowest BCUT2D eigenvalue weighted by Gasteiger charge is -2.27. The number of phenolic OH excluding ortho intramolecular Hbond substituents is 2. The summed E-state index contributed by atoms with van der Waals surface area (Å²) < 4.78 is 6.14. The van der Waals surface area contributed by atoms with E-state index in [0.29, 0.717) is 66.2 Å². The molecule has 63 heavy (non-hydrogen) atoms. The number of allylic oxidation sites excluding steroid dienone is 2. The first-order chi connectivity index (χ1) is 30.4. The van der Waals surface area contributed by atoms with Crippen LogP contribution in [-0.2, 0) is 29.8 Å². The van der Waals surface area contributed by atoms with Crippen molar-refractivity contribution >= 4 is 33.2 Å². The summed E-state index contributed by atoms with van der Waals surface area (Å²) in [5.74, 6) is 8.45. The van der Waals surface area contributed by atoms with E-state index in [4.69, 9.17) is 16.2 Å². The molecule has 2 aliphatic carbocycles. The number of carbonyl (C=O) groups is 2. The van der Waals surface area contributed by atoms with Gasteiger partial charge < -0.3 is 36.5 Å². The summed E-state index contributed by atoms with van der Waals surface area (Å²) in [4.78, 5) is 30.8. The Kier molecular flexibility index (Phi) is 15.9. The van der Waals surface area contributed by atoms with Crippen molar-refractivity contribution in [1.29, 1.82) is 0 Å².